The average molecular weight is 583 g/mol. The quantitative estimate of drug-likeness (QED) is 0.170. The summed E-state index contributed by atoms with van der Waals surface area (Å²) in [7, 11) is 0. The molecule has 3 saturated heterocycles. The summed E-state index contributed by atoms with van der Waals surface area (Å²) >= 11 is 1.67. The molecule has 3 aliphatic heterocycles. The first-order valence-corrected chi connectivity index (χ1v) is 15.9. The molecular formula is C33H46N2O5S. The van der Waals surface area contributed by atoms with Crippen LogP contribution in [0.1, 0.15) is 69.4 Å². The fraction of sp³-hybridized carbons (Fsp3) is 0.606. The molecule has 2 amide bonds. The van der Waals surface area contributed by atoms with Crippen molar-refractivity contribution in [2.24, 2.45) is 11.8 Å². The van der Waals surface area contributed by atoms with Crippen LogP contribution in [0.3, 0.4) is 0 Å². The van der Waals surface area contributed by atoms with E-state index in [1.165, 1.54) is 0 Å². The van der Waals surface area contributed by atoms with Gasteiger partial charge in [0.2, 0.25) is 5.91 Å². The summed E-state index contributed by atoms with van der Waals surface area (Å²) in [6, 6.07) is 5.29. The van der Waals surface area contributed by atoms with E-state index in [1.54, 1.807) is 27.6 Å². The number of rotatable bonds is 15. The van der Waals surface area contributed by atoms with Crippen molar-refractivity contribution in [3.05, 3.63) is 54.6 Å². The number of carbonyl (C=O) groups excluding carboxylic acids is 3. The second-order valence-electron chi connectivity index (χ2n) is 12.0. The number of amides is 2. The minimum absolute atomic E-state index is 0.0947. The van der Waals surface area contributed by atoms with Crippen molar-refractivity contribution in [3.8, 4) is 0 Å². The number of hydrogen-bond acceptors (Lipinski definition) is 6. The number of anilines is 1. The Morgan fingerprint density at radius 1 is 1.12 bits per heavy atom. The average Bonchev–Trinajstić information content (AvgIpc) is 3.50. The molecule has 5 atom stereocenters. The number of fused-ring (bicyclic) bond motifs is 1. The molecule has 2 bridgehead atoms. The predicted octanol–water partition coefficient (Wildman–Crippen LogP) is 5.37. The third-order valence-corrected chi connectivity index (χ3v) is 11.1. The molecule has 3 aliphatic rings. The molecule has 0 radical (unpaired) electrons. The van der Waals surface area contributed by atoms with Gasteiger partial charge >= 0.3 is 5.97 Å². The monoisotopic (exact) mass is 582 g/mol. The molecule has 8 heteroatoms. The van der Waals surface area contributed by atoms with Crippen LogP contribution in [0.4, 0.5) is 5.69 Å². The van der Waals surface area contributed by atoms with Crippen molar-refractivity contribution >= 4 is 35.2 Å². The molecule has 0 aliphatic carbocycles. The Morgan fingerprint density at radius 2 is 1.85 bits per heavy atom. The second kappa shape index (κ2) is 13.2. The van der Waals surface area contributed by atoms with E-state index < -0.39 is 27.4 Å². The van der Waals surface area contributed by atoms with E-state index in [0.29, 0.717) is 39.0 Å². The number of ether oxygens (including phenoxy) is 1. The standard InChI is InChI=1S/C33H46N2O5S/c1-6-8-9-13-22-40-31(39)26-25-29(37)35(20-11-10-12-21-36)28(33(25)18-17-32(26,5)41-33)30(38)34(19-7-2)27-23(3)15-14-16-24(27)4/h6-7,14-16,25-26,28,36H,1-2,8-13,17-22H2,3-5H3/t25-,26+,28?,32-,33?/m0/s1. The fourth-order valence-corrected chi connectivity index (χ4v) is 9.67. The molecule has 3 heterocycles. The number of benzene rings is 1. The van der Waals surface area contributed by atoms with Crippen molar-refractivity contribution in [2.45, 2.75) is 87.7 Å². The maximum atomic E-state index is 14.8. The van der Waals surface area contributed by atoms with Gasteiger partial charge in [-0.25, -0.2) is 0 Å². The zero-order chi connectivity index (χ0) is 29.8. The van der Waals surface area contributed by atoms with Gasteiger partial charge in [0.05, 0.1) is 23.2 Å². The van der Waals surface area contributed by atoms with Gasteiger partial charge in [-0.05, 0) is 83.3 Å². The maximum absolute atomic E-state index is 14.8. The van der Waals surface area contributed by atoms with Crippen molar-refractivity contribution in [3.63, 3.8) is 0 Å². The van der Waals surface area contributed by atoms with Crippen LogP contribution < -0.4 is 4.90 Å². The van der Waals surface area contributed by atoms with Crippen LogP contribution in [0.25, 0.3) is 0 Å². The SMILES string of the molecule is C=CCCCCOC(=O)[C@H]1[C@H]2C(=O)N(CCCCCO)C(C(=O)N(CC=C)c3c(C)cccc3C)C23CC[C@]1(C)S3. The first-order valence-electron chi connectivity index (χ1n) is 15.0. The lowest BCUT2D eigenvalue weighted by atomic mass is 9.66. The van der Waals surface area contributed by atoms with Gasteiger partial charge in [0.1, 0.15) is 6.04 Å². The van der Waals surface area contributed by atoms with E-state index in [-0.39, 0.29) is 24.4 Å². The highest BCUT2D eigenvalue weighted by Crippen LogP contribution is 2.71. The van der Waals surface area contributed by atoms with E-state index >= 15 is 0 Å². The Morgan fingerprint density at radius 3 is 2.51 bits per heavy atom. The van der Waals surface area contributed by atoms with E-state index in [9.17, 15) is 19.5 Å². The van der Waals surface area contributed by atoms with Gasteiger partial charge in [-0.2, -0.15) is 0 Å². The number of thioether (sulfide) groups is 1. The molecule has 7 nitrogen and oxygen atoms in total. The minimum Gasteiger partial charge on any atom is -0.465 e. The number of aliphatic hydroxyl groups is 1. The molecule has 1 aromatic carbocycles. The van der Waals surface area contributed by atoms with Crippen molar-refractivity contribution in [2.75, 3.05) is 31.2 Å². The summed E-state index contributed by atoms with van der Waals surface area (Å²) in [5, 5.41) is 9.31. The lowest BCUT2D eigenvalue weighted by Crippen LogP contribution is -2.55. The van der Waals surface area contributed by atoms with Crippen LogP contribution >= 0.6 is 11.8 Å². The van der Waals surface area contributed by atoms with E-state index in [2.05, 4.69) is 20.1 Å². The Kier molecular flexibility index (Phi) is 10.1. The van der Waals surface area contributed by atoms with Crippen LogP contribution in [0.2, 0.25) is 0 Å². The number of nitrogens with zero attached hydrogens (tertiary/aromatic N) is 2. The highest BCUT2D eigenvalue weighted by Gasteiger charge is 2.77. The lowest BCUT2D eigenvalue weighted by molar-refractivity contribution is -0.155. The summed E-state index contributed by atoms with van der Waals surface area (Å²) in [6.07, 6.45) is 9.65. The number of aryl methyl sites for hydroxylation is 2. The molecule has 41 heavy (non-hydrogen) atoms. The third kappa shape index (κ3) is 5.74. The second-order valence-corrected chi connectivity index (χ2v) is 13.9. The van der Waals surface area contributed by atoms with E-state index in [1.807, 2.05) is 38.1 Å². The van der Waals surface area contributed by atoms with Crippen molar-refractivity contribution < 1.29 is 24.2 Å². The Hall–Kier alpha value is -2.58. The van der Waals surface area contributed by atoms with Crippen LogP contribution in [0, 0.1) is 25.7 Å². The maximum Gasteiger partial charge on any atom is 0.311 e. The molecule has 0 saturated carbocycles. The summed E-state index contributed by atoms with van der Waals surface area (Å²) in [5.74, 6) is -1.72. The molecule has 2 unspecified atom stereocenters. The predicted molar refractivity (Wildman–Crippen MR) is 165 cm³/mol. The van der Waals surface area contributed by atoms with Gasteiger partial charge in [-0.3, -0.25) is 14.4 Å². The smallest absolute Gasteiger partial charge is 0.311 e. The highest BCUT2D eigenvalue weighted by atomic mass is 32.2. The van der Waals surface area contributed by atoms with Gasteiger partial charge in [0, 0.05) is 30.1 Å². The fourth-order valence-electron chi connectivity index (χ4n) is 7.33. The number of unbranched alkanes of at least 4 members (excludes halogenated alkanes) is 4. The van der Waals surface area contributed by atoms with Gasteiger partial charge in [-0.1, -0.05) is 30.4 Å². The Labute approximate surface area is 249 Å². The Balaban J connectivity index is 1.71. The van der Waals surface area contributed by atoms with E-state index in [0.717, 1.165) is 48.9 Å². The van der Waals surface area contributed by atoms with Crippen LogP contribution in [-0.2, 0) is 19.1 Å². The largest absolute Gasteiger partial charge is 0.465 e. The normalized spacial score (nSPS) is 28.0. The molecule has 224 valence electrons. The minimum atomic E-state index is -0.692. The molecule has 1 spiro atoms. The van der Waals surface area contributed by atoms with Gasteiger partial charge in [0.25, 0.3) is 5.91 Å². The van der Waals surface area contributed by atoms with Crippen LogP contribution in [0.15, 0.2) is 43.5 Å². The summed E-state index contributed by atoms with van der Waals surface area (Å²) < 4.78 is 4.63. The topological polar surface area (TPSA) is 87.1 Å². The molecule has 1 aromatic rings. The number of allylic oxidation sites excluding steroid dienone is 1. The molecule has 3 fully saturated rings. The zero-order valence-corrected chi connectivity index (χ0v) is 25.7. The zero-order valence-electron chi connectivity index (χ0n) is 24.9. The van der Waals surface area contributed by atoms with Crippen molar-refractivity contribution in [1.29, 1.82) is 0 Å². The van der Waals surface area contributed by atoms with Gasteiger partial charge < -0.3 is 19.6 Å². The molecule has 1 N–H and O–H groups in total. The summed E-state index contributed by atoms with van der Waals surface area (Å²) in [4.78, 5) is 46.3. The lowest BCUT2D eigenvalue weighted by Gasteiger charge is -2.38. The number of aliphatic hydroxyl groups excluding tert-OH is 1. The number of carbonyl (C=O) groups is 3. The number of esters is 1. The molecule has 4 rings (SSSR count). The number of hydrogen-bond donors (Lipinski definition) is 1. The highest BCUT2D eigenvalue weighted by molar-refractivity contribution is 8.02. The third-order valence-electron chi connectivity index (χ3n) is 9.16. The summed E-state index contributed by atoms with van der Waals surface area (Å²) in [5.41, 5.74) is 2.83. The van der Waals surface area contributed by atoms with Crippen LogP contribution in [0.5, 0.6) is 0 Å². The van der Waals surface area contributed by atoms with E-state index in [4.69, 9.17) is 4.74 Å². The summed E-state index contributed by atoms with van der Waals surface area (Å²) in [6.45, 7) is 14.9. The van der Waals surface area contributed by atoms with Crippen LogP contribution in [-0.4, -0.2) is 69.6 Å². The first-order chi connectivity index (χ1) is 19.7. The van der Waals surface area contributed by atoms with Gasteiger partial charge in [0.15, 0.2) is 0 Å². The number of para-hydroxylation sites is 1. The number of likely N-dealkylation sites (tertiary alicyclic amines) is 1. The van der Waals surface area contributed by atoms with Crippen molar-refractivity contribution in [1.82, 2.24) is 4.90 Å². The molecular weight excluding hydrogens is 536 g/mol. The first kappa shape index (κ1) is 31.4. The Bertz CT molecular complexity index is 1150. The van der Waals surface area contributed by atoms with Gasteiger partial charge in [-0.15, -0.1) is 24.9 Å². The molecule has 0 aromatic heterocycles.